The first kappa shape index (κ1) is 12.1. The molecule has 4 nitrogen and oxygen atoms in total. The summed E-state index contributed by atoms with van der Waals surface area (Å²) in [6.07, 6.45) is 1.05. The second-order valence-electron chi connectivity index (χ2n) is 3.67. The molecule has 0 saturated carbocycles. The third kappa shape index (κ3) is 2.55. The molecule has 1 aliphatic rings. The highest BCUT2D eigenvalue weighted by Gasteiger charge is 2.46. The molecule has 0 spiro atoms. The summed E-state index contributed by atoms with van der Waals surface area (Å²) in [5.74, 6) is 0. The van der Waals surface area contributed by atoms with Crippen LogP contribution in [0, 0.1) is 0 Å². The molecule has 0 bridgehead atoms. The Bertz CT molecular complexity index is 184. The second kappa shape index (κ2) is 4.72. The van der Waals surface area contributed by atoms with Crippen LogP contribution in [0.5, 0.6) is 0 Å². The van der Waals surface area contributed by atoms with Crippen molar-refractivity contribution in [1.29, 1.82) is 0 Å². The lowest BCUT2D eigenvalue weighted by molar-refractivity contribution is -0.000656. The minimum atomic E-state index is -2.18. The molecule has 0 N–H and O–H groups in total. The predicted molar refractivity (Wildman–Crippen MR) is 55.1 cm³/mol. The monoisotopic (exact) mass is 220 g/mol. The number of rotatable bonds is 6. The maximum absolute atomic E-state index is 5.76. The Morgan fingerprint density at radius 3 is 2.14 bits per heavy atom. The zero-order chi connectivity index (χ0) is 10.8. The Hall–Kier alpha value is 0.0569. The maximum Gasteiger partial charge on any atom is 0.364 e. The number of ether oxygens (including phenoxy) is 2. The van der Waals surface area contributed by atoms with E-state index in [0.29, 0.717) is 0 Å². The molecular weight excluding hydrogens is 200 g/mol. The largest absolute Gasteiger partial charge is 0.396 e. The number of hydrogen-bond donors (Lipinski definition) is 0. The van der Waals surface area contributed by atoms with Crippen LogP contribution in [0.1, 0.15) is 20.3 Å². The van der Waals surface area contributed by atoms with Gasteiger partial charge >= 0.3 is 8.56 Å². The summed E-state index contributed by atoms with van der Waals surface area (Å²) in [5, 5.41) is 0. The molecule has 3 unspecified atom stereocenters. The van der Waals surface area contributed by atoms with Crippen LogP contribution in [0.2, 0.25) is 6.55 Å². The topological polar surface area (TPSA) is 40.2 Å². The fourth-order valence-electron chi connectivity index (χ4n) is 1.41. The van der Waals surface area contributed by atoms with E-state index in [-0.39, 0.29) is 18.1 Å². The van der Waals surface area contributed by atoms with Gasteiger partial charge in [0.1, 0.15) is 11.8 Å². The highest BCUT2D eigenvalue weighted by Crippen LogP contribution is 2.28. The quantitative estimate of drug-likeness (QED) is 0.501. The molecule has 0 aromatic heterocycles. The second-order valence-corrected chi connectivity index (χ2v) is 7.16. The predicted octanol–water partition coefficient (Wildman–Crippen LogP) is 1.43. The van der Waals surface area contributed by atoms with E-state index < -0.39 is 8.56 Å². The number of epoxide rings is 1. The first-order valence-corrected chi connectivity index (χ1v) is 7.38. The summed E-state index contributed by atoms with van der Waals surface area (Å²) in [4.78, 5) is 0. The molecule has 0 radical (unpaired) electrons. The molecule has 3 atom stereocenters. The average molecular weight is 220 g/mol. The van der Waals surface area contributed by atoms with Gasteiger partial charge in [-0.2, -0.15) is 0 Å². The summed E-state index contributed by atoms with van der Waals surface area (Å²) < 4.78 is 21.9. The Morgan fingerprint density at radius 1 is 1.36 bits per heavy atom. The van der Waals surface area contributed by atoms with Crippen molar-refractivity contribution in [1.82, 2.24) is 0 Å². The van der Waals surface area contributed by atoms with Crippen molar-refractivity contribution in [3.63, 3.8) is 0 Å². The van der Waals surface area contributed by atoms with Crippen molar-refractivity contribution in [2.75, 3.05) is 14.2 Å². The Labute approximate surface area is 86.7 Å². The van der Waals surface area contributed by atoms with Crippen molar-refractivity contribution in [2.45, 2.75) is 44.9 Å². The van der Waals surface area contributed by atoms with Gasteiger partial charge in [-0.25, -0.2) is 0 Å². The van der Waals surface area contributed by atoms with Crippen LogP contribution in [0.3, 0.4) is 0 Å². The molecule has 1 heterocycles. The summed E-state index contributed by atoms with van der Waals surface area (Å²) in [5.41, 5.74) is 0.0347. The summed E-state index contributed by atoms with van der Waals surface area (Å²) in [6.45, 7) is 6.07. The molecule has 84 valence electrons. The minimum absolute atomic E-state index is 0.0347. The molecule has 14 heavy (non-hydrogen) atoms. The lowest BCUT2D eigenvalue weighted by atomic mass is 10.5. The van der Waals surface area contributed by atoms with E-state index in [0.717, 1.165) is 6.42 Å². The lowest BCUT2D eigenvalue weighted by Gasteiger charge is -2.30. The van der Waals surface area contributed by atoms with Gasteiger partial charge in [-0.05, 0) is 19.9 Å². The van der Waals surface area contributed by atoms with E-state index in [1.54, 1.807) is 14.2 Å². The maximum atomic E-state index is 5.76. The van der Waals surface area contributed by atoms with Crippen LogP contribution < -0.4 is 0 Å². The average Bonchev–Trinajstić information content (AvgIpc) is 2.89. The zero-order valence-electron chi connectivity index (χ0n) is 9.57. The SMILES string of the molecule is CCC(OC1OC1C)[Si](C)(OC)OC. The Balaban J connectivity index is 2.50. The van der Waals surface area contributed by atoms with Crippen molar-refractivity contribution < 1.29 is 18.3 Å². The van der Waals surface area contributed by atoms with Gasteiger partial charge in [0.05, 0.1) is 0 Å². The van der Waals surface area contributed by atoms with Crippen LogP contribution in [0.15, 0.2) is 0 Å². The van der Waals surface area contributed by atoms with E-state index in [9.17, 15) is 0 Å². The van der Waals surface area contributed by atoms with Gasteiger partial charge in [-0.1, -0.05) is 6.92 Å². The normalized spacial score (nSPS) is 28.9. The highest BCUT2D eigenvalue weighted by molar-refractivity contribution is 6.67. The standard InChI is InChI=1S/C9H20O4Si/c1-6-8(13-9-7(2)12-9)14(5,10-3)11-4/h7-9H,6H2,1-5H3. The molecule has 0 aromatic carbocycles. The van der Waals surface area contributed by atoms with Crippen LogP contribution in [-0.4, -0.2) is 40.9 Å². The molecule has 0 aliphatic carbocycles. The van der Waals surface area contributed by atoms with E-state index in [2.05, 4.69) is 6.92 Å². The molecule has 0 aromatic rings. The molecule has 5 heteroatoms. The fourth-order valence-corrected chi connectivity index (χ4v) is 3.22. The van der Waals surface area contributed by atoms with Gasteiger partial charge in [0.2, 0.25) is 0 Å². The van der Waals surface area contributed by atoms with Crippen LogP contribution in [0.25, 0.3) is 0 Å². The molecule has 0 amide bonds. The van der Waals surface area contributed by atoms with Crippen LogP contribution in [-0.2, 0) is 18.3 Å². The third-order valence-electron chi connectivity index (χ3n) is 2.72. The smallest absolute Gasteiger partial charge is 0.364 e. The molecule has 1 aliphatic heterocycles. The van der Waals surface area contributed by atoms with Gasteiger partial charge < -0.3 is 18.3 Å². The minimum Gasteiger partial charge on any atom is -0.396 e. The molecule has 1 saturated heterocycles. The van der Waals surface area contributed by atoms with E-state index in [1.807, 2.05) is 13.5 Å². The highest BCUT2D eigenvalue weighted by atomic mass is 28.4. The van der Waals surface area contributed by atoms with Gasteiger partial charge in [-0.3, -0.25) is 0 Å². The summed E-state index contributed by atoms with van der Waals surface area (Å²) >= 11 is 0. The van der Waals surface area contributed by atoms with Crippen LogP contribution in [0.4, 0.5) is 0 Å². The van der Waals surface area contributed by atoms with Crippen molar-refractivity contribution >= 4 is 8.56 Å². The molecule has 1 rings (SSSR count). The fraction of sp³-hybridized carbons (Fsp3) is 1.00. The third-order valence-corrected chi connectivity index (χ3v) is 6.06. The van der Waals surface area contributed by atoms with E-state index >= 15 is 0 Å². The first-order chi connectivity index (χ1) is 6.57. The Kier molecular flexibility index (Phi) is 4.09. The van der Waals surface area contributed by atoms with Gasteiger partial charge in [0.15, 0.2) is 6.29 Å². The van der Waals surface area contributed by atoms with Gasteiger partial charge in [0, 0.05) is 14.2 Å². The van der Waals surface area contributed by atoms with Crippen LogP contribution >= 0.6 is 0 Å². The molecular formula is C9H20O4Si. The molecule has 1 fully saturated rings. The zero-order valence-corrected chi connectivity index (χ0v) is 10.6. The summed E-state index contributed by atoms with van der Waals surface area (Å²) in [6, 6.07) is 0. The van der Waals surface area contributed by atoms with Crippen molar-refractivity contribution in [2.24, 2.45) is 0 Å². The van der Waals surface area contributed by atoms with Gasteiger partial charge in [-0.15, -0.1) is 0 Å². The summed E-state index contributed by atoms with van der Waals surface area (Å²) in [7, 11) is 1.18. The van der Waals surface area contributed by atoms with E-state index in [1.165, 1.54) is 0 Å². The first-order valence-electron chi connectivity index (χ1n) is 4.98. The van der Waals surface area contributed by atoms with Gasteiger partial charge in [0.25, 0.3) is 0 Å². The lowest BCUT2D eigenvalue weighted by Crippen LogP contribution is -2.50. The van der Waals surface area contributed by atoms with E-state index in [4.69, 9.17) is 18.3 Å². The Morgan fingerprint density at radius 2 is 1.86 bits per heavy atom. The number of hydrogen-bond acceptors (Lipinski definition) is 4. The van der Waals surface area contributed by atoms with Crippen molar-refractivity contribution in [3.8, 4) is 0 Å². The van der Waals surface area contributed by atoms with Crippen molar-refractivity contribution in [3.05, 3.63) is 0 Å².